The van der Waals surface area contributed by atoms with Crippen LogP contribution in [0.2, 0.25) is 0 Å². The molecule has 1 aliphatic heterocycles. The molecule has 46 valence electrons. The molecule has 1 heterocycles. The van der Waals surface area contributed by atoms with Gasteiger partial charge in [0.1, 0.15) is 0 Å². The smallest absolute Gasteiger partial charge is 0.211 e. The van der Waals surface area contributed by atoms with Gasteiger partial charge in [0, 0.05) is 0 Å². The van der Waals surface area contributed by atoms with Crippen molar-refractivity contribution in [1.82, 2.24) is 0 Å². The summed E-state index contributed by atoms with van der Waals surface area (Å²) in [6, 6.07) is -1.75. The summed E-state index contributed by atoms with van der Waals surface area (Å²) >= 11 is 0. The molecule has 6 heteroatoms. The molecular formula is C3N2O4. The number of nitrogens with zero attached hydrogens (tertiary/aromatic N) is 2. The van der Waals surface area contributed by atoms with Gasteiger partial charge in [-0.05, 0) is 0 Å². The van der Waals surface area contributed by atoms with Crippen molar-refractivity contribution in [3.8, 4) is 0 Å². The minimum absolute atomic E-state index is 1.11. The predicted octanol–water partition coefficient (Wildman–Crippen LogP) is -0.769. The summed E-state index contributed by atoms with van der Waals surface area (Å²) in [6.45, 7) is 0. The first kappa shape index (κ1) is 5.81. The summed E-state index contributed by atoms with van der Waals surface area (Å²) < 4.78 is 0. The van der Waals surface area contributed by atoms with E-state index in [0.717, 1.165) is 12.2 Å². The van der Waals surface area contributed by atoms with E-state index in [1.54, 1.807) is 0 Å². The summed E-state index contributed by atoms with van der Waals surface area (Å²) in [5, 5.41) is 0. The van der Waals surface area contributed by atoms with Crippen molar-refractivity contribution in [2.24, 2.45) is 9.98 Å². The molecule has 1 aliphatic rings. The second-order valence-electron chi connectivity index (χ2n) is 1.12. The minimum atomic E-state index is -1.75. The van der Waals surface area contributed by atoms with Crippen LogP contribution in [0.25, 0.3) is 0 Å². The van der Waals surface area contributed by atoms with Gasteiger partial charge in [0.05, 0.1) is 0 Å². The zero-order valence-corrected chi connectivity index (χ0v) is 4.03. The Hall–Kier alpha value is -1.32. The van der Waals surface area contributed by atoms with Crippen LogP contribution in [0.5, 0.6) is 0 Å². The number of isocyanates is 2. The van der Waals surface area contributed by atoms with Gasteiger partial charge in [0.15, 0.2) is 0 Å². The maximum absolute atomic E-state index is 9.49. The van der Waals surface area contributed by atoms with E-state index in [4.69, 9.17) is 0 Å². The average molecular weight is 128 g/mol. The Kier molecular flexibility index (Phi) is 1.22. The molecular weight excluding hydrogens is 128 g/mol. The summed E-state index contributed by atoms with van der Waals surface area (Å²) in [7, 11) is 0. The first-order chi connectivity index (χ1) is 4.33. The standard InChI is InChI=1S/C3N2O4/c6-1-4-3(5-2-7)8-9-3. The predicted molar refractivity (Wildman–Crippen MR) is 21.1 cm³/mol. The Bertz CT molecular complexity index is 188. The summed E-state index contributed by atoms with van der Waals surface area (Å²) in [6.07, 6.45) is 2.22. The minimum Gasteiger partial charge on any atom is -0.211 e. The third-order valence-corrected chi connectivity index (χ3v) is 0.606. The van der Waals surface area contributed by atoms with Crippen LogP contribution in [0.3, 0.4) is 0 Å². The van der Waals surface area contributed by atoms with E-state index in [1.165, 1.54) is 0 Å². The quantitative estimate of drug-likeness (QED) is 0.211. The Morgan fingerprint density at radius 3 is 1.78 bits per heavy atom. The fraction of sp³-hybridized carbons (Fsp3) is 0.333. The number of aliphatic imine (C=N–C) groups is 2. The number of carbonyl (C=O) groups excluding carboxylic acids is 2. The highest BCUT2D eigenvalue weighted by Crippen LogP contribution is 2.30. The van der Waals surface area contributed by atoms with Crippen LogP contribution in [-0.4, -0.2) is 18.2 Å². The SMILES string of the molecule is O=C=NC1(N=C=O)OO1. The number of hydrogen-bond acceptors (Lipinski definition) is 6. The third kappa shape index (κ3) is 1.07. The van der Waals surface area contributed by atoms with Gasteiger partial charge in [-0.3, -0.25) is 0 Å². The molecule has 0 saturated carbocycles. The van der Waals surface area contributed by atoms with Gasteiger partial charge in [0.25, 0.3) is 0 Å². The average Bonchev–Trinajstić information content (AvgIpc) is 2.51. The molecule has 9 heavy (non-hydrogen) atoms. The summed E-state index contributed by atoms with van der Waals surface area (Å²) in [5.41, 5.74) is 0. The molecule has 0 aromatic carbocycles. The lowest BCUT2D eigenvalue weighted by Gasteiger charge is -1.77. The highest BCUT2D eigenvalue weighted by atomic mass is 17.4. The van der Waals surface area contributed by atoms with Crippen molar-refractivity contribution in [3.05, 3.63) is 0 Å². The molecule has 0 aromatic heterocycles. The van der Waals surface area contributed by atoms with Gasteiger partial charge >= 0.3 is 6.03 Å². The maximum Gasteiger partial charge on any atom is 0.452 e. The van der Waals surface area contributed by atoms with E-state index in [1.807, 2.05) is 0 Å². The van der Waals surface area contributed by atoms with E-state index in [2.05, 4.69) is 19.8 Å². The van der Waals surface area contributed by atoms with Crippen LogP contribution >= 0.6 is 0 Å². The molecule has 1 saturated heterocycles. The van der Waals surface area contributed by atoms with Crippen molar-refractivity contribution in [1.29, 1.82) is 0 Å². The first-order valence-corrected chi connectivity index (χ1v) is 1.88. The summed E-state index contributed by atoms with van der Waals surface area (Å²) in [5.74, 6) is 0. The molecule has 1 fully saturated rings. The van der Waals surface area contributed by atoms with Crippen molar-refractivity contribution in [2.75, 3.05) is 0 Å². The molecule has 0 atom stereocenters. The van der Waals surface area contributed by atoms with Gasteiger partial charge < -0.3 is 0 Å². The van der Waals surface area contributed by atoms with Crippen LogP contribution in [0, 0.1) is 0 Å². The maximum atomic E-state index is 9.49. The first-order valence-electron chi connectivity index (χ1n) is 1.88. The van der Waals surface area contributed by atoms with Crippen molar-refractivity contribution >= 4 is 12.2 Å². The molecule has 0 aromatic rings. The Morgan fingerprint density at radius 1 is 1.11 bits per heavy atom. The molecule has 0 bridgehead atoms. The molecule has 0 spiro atoms. The van der Waals surface area contributed by atoms with Crippen molar-refractivity contribution in [2.45, 2.75) is 6.03 Å². The summed E-state index contributed by atoms with van der Waals surface area (Å²) in [4.78, 5) is 32.8. The van der Waals surface area contributed by atoms with Crippen LogP contribution in [0.4, 0.5) is 0 Å². The lowest BCUT2D eigenvalue weighted by Crippen LogP contribution is -1.99. The van der Waals surface area contributed by atoms with Crippen molar-refractivity contribution in [3.63, 3.8) is 0 Å². The van der Waals surface area contributed by atoms with E-state index >= 15 is 0 Å². The van der Waals surface area contributed by atoms with E-state index in [9.17, 15) is 9.59 Å². The Labute approximate surface area is 48.7 Å². The van der Waals surface area contributed by atoms with Gasteiger partial charge in [-0.1, -0.05) is 0 Å². The Balaban J connectivity index is 2.74. The van der Waals surface area contributed by atoms with Gasteiger partial charge in [0.2, 0.25) is 12.2 Å². The van der Waals surface area contributed by atoms with Gasteiger partial charge in [-0.15, -0.1) is 19.8 Å². The van der Waals surface area contributed by atoms with Crippen LogP contribution in [-0.2, 0) is 19.4 Å². The molecule has 1 rings (SSSR count). The molecule has 0 radical (unpaired) electrons. The highest BCUT2D eigenvalue weighted by molar-refractivity contribution is 5.37. The fourth-order valence-electron chi connectivity index (χ4n) is 0.252. The van der Waals surface area contributed by atoms with E-state index in [-0.39, 0.29) is 0 Å². The molecule has 0 aliphatic carbocycles. The number of rotatable bonds is 2. The monoisotopic (exact) mass is 128 g/mol. The van der Waals surface area contributed by atoms with Crippen LogP contribution in [0.15, 0.2) is 9.98 Å². The molecule has 6 nitrogen and oxygen atoms in total. The Morgan fingerprint density at radius 2 is 1.56 bits per heavy atom. The lowest BCUT2D eigenvalue weighted by molar-refractivity contribution is 0.0850. The highest BCUT2D eigenvalue weighted by Gasteiger charge is 2.51. The fourth-order valence-corrected chi connectivity index (χ4v) is 0.252. The second-order valence-corrected chi connectivity index (χ2v) is 1.12. The lowest BCUT2D eigenvalue weighted by atomic mass is 10.9. The van der Waals surface area contributed by atoms with Gasteiger partial charge in [-0.25, -0.2) is 9.59 Å². The van der Waals surface area contributed by atoms with Crippen LogP contribution in [0.1, 0.15) is 0 Å². The van der Waals surface area contributed by atoms with E-state index in [0.29, 0.717) is 0 Å². The third-order valence-electron chi connectivity index (χ3n) is 0.606. The normalized spacial score (nSPS) is 19.1. The van der Waals surface area contributed by atoms with E-state index < -0.39 is 6.03 Å². The molecule has 0 unspecified atom stereocenters. The topological polar surface area (TPSA) is 83.9 Å². The van der Waals surface area contributed by atoms with Crippen LogP contribution < -0.4 is 0 Å². The zero-order valence-electron chi connectivity index (χ0n) is 4.03. The largest absolute Gasteiger partial charge is 0.452 e. The number of hydrogen-bond donors (Lipinski definition) is 0. The zero-order chi connectivity index (χ0) is 6.74. The molecule has 0 amide bonds. The van der Waals surface area contributed by atoms with Crippen molar-refractivity contribution < 1.29 is 19.4 Å². The molecule has 0 N–H and O–H groups in total. The van der Waals surface area contributed by atoms with Gasteiger partial charge in [-0.2, -0.15) is 0 Å². The second kappa shape index (κ2) is 1.89.